The highest BCUT2D eigenvalue weighted by Gasteiger charge is 2.25. The molecule has 60 valence electrons. The molecule has 11 heavy (non-hydrogen) atoms. The molecule has 0 bridgehead atoms. The maximum atomic E-state index is 5.53. The first-order chi connectivity index (χ1) is 5.36. The first-order valence-corrected chi connectivity index (χ1v) is 3.77. The molecule has 1 aliphatic heterocycles. The molecule has 0 aromatic carbocycles. The SMILES string of the molecule is NC1COC2CC=CC=C2O1. The molecule has 2 aliphatic rings. The molecule has 0 aromatic heterocycles. The van der Waals surface area contributed by atoms with Crippen molar-refractivity contribution in [1.29, 1.82) is 0 Å². The van der Waals surface area contributed by atoms with Gasteiger partial charge < -0.3 is 9.47 Å². The third kappa shape index (κ3) is 1.29. The highest BCUT2D eigenvalue weighted by atomic mass is 16.6. The van der Waals surface area contributed by atoms with Crippen LogP contribution in [0.25, 0.3) is 0 Å². The fourth-order valence-electron chi connectivity index (χ4n) is 1.27. The highest BCUT2D eigenvalue weighted by Crippen LogP contribution is 2.22. The average Bonchev–Trinajstić information content (AvgIpc) is 2.04. The largest absolute Gasteiger partial charge is 0.475 e. The van der Waals surface area contributed by atoms with Gasteiger partial charge in [-0.1, -0.05) is 12.2 Å². The Bertz CT molecular complexity index is 210. The average molecular weight is 153 g/mol. The van der Waals surface area contributed by atoms with Gasteiger partial charge in [0.25, 0.3) is 0 Å². The summed E-state index contributed by atoms with van der Waals surface area (Å²) in [5, 5.41) is 0. The second kappa shape index (κ2) is 2.68. The van der Waals surface area contributed by atoms with Crippen molar-refractivity contribution < 1.29 is 9.47 Å². The van der Waals surface area contributed by atoms with Crippen molar-refractivity contribution in [1.82, 2.24) is 0 Å². The smallest absolute Gasteiger partial charge is 0.170 e. The van der Waals surface area contributed by atoms with E-state index in [1.54, 1.807) is 0 Å². The second-order valence-electron chi connectivity index (χ2n) is 2.71. The van der Waals surface area contributed by atoms with E-state index in [4.69, 9.17) is 15.2 Å². The van der Waals surface area contributed by atoms with Crippen LogP contribution in [-0.4, -0.2) is 18.9 Å². The summed E-state index contributed by atoms with van der Waals surface area (Å²) in [4.78, 5) is 0. The van der Waals surface area contributed by atoms with Gasteiger partial charge in [-0.25, -0.2) is 0 Å². The fourth-order valence-corrected chi connectivity index (χ4v) is 1.27. The van der Waals surface area contributed by atoms with Crippen LogP contribution in [0.5, 0.6) is 0 Å². The van der Waals surface area contributed by atoms with E-state index in [9.17, 15) is 0 Å². The molecule has 3 nitrogen and oxygen atoms in total. The van der Waals surface area contributed by atoms with Gasteiger partial charge in [0.1, 0.15) is 11.9 Å². The lowest BCUT2D eigenvalue weighted by atomic mass is 10.1. The molecule has 0 saturated carbocycles. The Kier molecular flexibility index (Phi) is 1.68. The van der Waals surface area contributed by atoms with Crippen molar-refractivity contribution in [3.05, 3.63) is 24.0 Å². The summed E-state index contributed by atoms with van der Waals surface area (Å²) < 4.78 is 10.8. The highest BCUT2D eigenvalue weighted by molar-refractivity contribution is 5.18. The van der Waals surface area contributed by atoms with Gasteiger partial charge in [-0.05, 0) is 12.5 Å². The van der Waals surface area contributed by atoms with E-state index in [2.05, 4.69) is 6.08 Å². The number of hydrogen-bond acceptors (Lipinski definition) is 3. The van der Waals surface area contributed by atoms with E-state index in [-0.39, 0.29) is 12.3 Å². The zero-order valence-electron chi connectivity index (χ0n) is 6.19. The minimum Gasteiger partial charge on any atom is -0.475 e. The quantitative estimate of drug-likeness (QED) is 0.552. The minimum absolute atomic E-state index is 0.111. The van der Waals surface area contributed by atoms with Crippen LogP contribution in [0.1, 0.15) is 6.42 Å². The van der Waals surface area contributed by atoms with Crippen molar-refractivity contribution in [2.24, 2.45) is 5.73 Å². The fraction of sp³-hybridized carbons (Fsp3) is 0.500. The topological polar surface area (TPSA) is 44.5 Å². The Morgan fingerprint density at radius 1 is 1.55 bits per heavy atom. The molecule has 3 heteroatoms. The molecule has 0 aromatic rings. The third-order valence-electron chi connectivity index (χ3n) is 1.81. The standard InChI is InChI=1S/C8H11NO2/c9-8-5-10-6-3-1-2-4-7(6)11-8/h1-2,4,6,8H,3,5,9H2. The van der Waals surface area contributed by atoms with Crippen LogP contribution < -0.4 is 5.73 Å². The first kappa shape index (κ1) is 6.88. The number of hydrogen-bond donors (Lipinski definition) is 1. The zero-order chi connectivity index (χ0) is 7.68. The van der Waals surface area contributed by atoms with Gasteiger partial charge >= 0.3 is 0 Å². The summed E-state index contributed by atoms with van der Waals surface area (Å²) in [5.41, 5.74) is 5.53. The lowest BCUT2D eigenvalue weighted by Crippen LogP contribution is -2.39. The monoisotopic (exact) mass is 153 g/mol. The molecular formula is C8H11NO2. The molecule has 2 rings (SSSR count). The third-order valence-corrected chi connectivity index (χ3v) is 1.81. The number of allylic oxidation sites excluding steroid dienone is 2. The van der Waals surface area contributed by atoms with E-state index in [1.165, 1.54) is 0 Å². The molecule has 0 spiro atoms. The Balaban J connectivity index is 2.12. The summed E-state index contributed by atoms with van der Waals surface area (Å²) in [5.74, 6) is 0.867. The van der Waals surface area contributed by atoms with E-state index in [0.29, 0.717) is 6.61 Å². The molecule has 2 unspecified atom stereocenters. The normalized spacial score (nSPS) is 35.5. The van der Waals surface area contributed by atoms with Crippen LogP contribution in [0.3, 0.4) is 0 Å². The van der Waals surface area contributed by atoms with E-state index in [0.717, 1.165) is 12.2 Å². The van der Waals surface area contributed by atoms with Gasteiger partial charge in [-0.15, -0.1) is 0 Å². The predicted molar refractivity (Wildman–Crippen MR) is 40.6 cm³/mol. The van der Waals surface area contributed by atoms with Gasteiger partial charge in [0, 0.05) is 0 Å². The van der Waals surface area contributed by atoms with Crippen LogP contribution >= 0.6 is 0 Å². The van der Waals surface area contributed by atoms with Crippen LogP contribution in [-0.2, 0) is 9.47 Å². The van der Waals surface area contributed by atoms with Crippen LogP contribution in [0, 0.1) is 0 Å². The van der Waals surface area contributed by atoms with Crippen molar-refractivity contribution in [2.75, 3.05) is 6.61 Å². The van der Waals surface area contributed by atoms with Gasteiger partial charge in [-0.3, -0.25) is 5.73 Å². The van der Waals surface area contributed by atoms with Gasteiger partial charge in [0.05, 0.1) is 6.61 Å². The maximum Gasteiger partial charge on any atom is 0.170 e. The second-order valence-corrected chi connectivity index (χ2v) is 2.71. The molecule has 0 radical (unpaired) electrons. The minimum atomic E-state index is -0.288. The number of nitrogens with two attached hydrogens (primary N) is 1. The van der Waals surface area contributed by atoms with Crippen LogP contribution in [0.15, 0.2) is 24.0 Å². The van der Waals surface area contributed by atoms with Crippen molar-refractivity contribution >= 4 is 0 Å². The zero-order valence-corrected chi connectivity index (χ0v) is 6.19. The Morgan fingerprint density at radius 2 is 2.45 bits per heavy atom. The van der Waals surface area contributed by atoms with Crippen molar-refractivity contribution in [2.45, 2.75) is 18.8 Å². The number of rotatable bonds is 0. The van der Waals surface area contributed by atoms with E-state index in [1.807, 2.05) is 12.2 Å². The molecular weight excluding hydrogens is 142 g/mol. The Morgan fingerprint density at radius 3 is 3.36 bits per heavy atom. The lowest BCUT2D eigenvalue weighted by molar-refractivity contribution is -0.0850. The van der Waals surface area contributed by atoms with Gasteiger partial charge in [-0.2, -0.15) is 0 Å². The summed E-state index contributed by atoms with van der Waals surface area (Å²) in [6.45, 7) is 0.496. The lowest BCUT2D eigenvalue weighted by Gasteiger charge is -2.30. The first-order valence-electron chi connectivity index (χ1n) is 3.77. The van der Waals surface area contributed by atoms with Crippen LogP contribution in [0.2, 0.25) is 0 Å². The summed E-state index contributed by atoms with van der Waals surface area (Å²) >= 11 is 0. The van der Waals surface area contributed by atoms with Gasteiger partial charge in [0.2, 0.25) is 0 Å². The number of ether oxygens (including phenoxy) is 2. The number of fused-ring (bicyclic) bond motifs is 1. The van der Waals surface area contributed by atoms with E-state index >= 15 is 0 Å². The van der Waals surface area contributed by atoms with E-state index < -0.39 is 0 Å². The Hall–Kier alpha value is -0.800. The molecule has 1 aliphatic carbocycles. The van der Waals surface area contributed by atoms with Crippen molar-refractivity contribution in [3.8, 4) is 0 Å². The summed E-state index contributed by atoms with van der Waals surface area (Å²) in [6, 6.07) is 0. The molecule has 0 amide bonds. The summed E-state index contributed by atoms with van der Waals surface area (Å²) in [7, 11) is 0. The van der Waals surface area contributed by atoms with Crippen LogP contribution in [0.4, 0.5) is 0 Å². The maximum absolute atomic E-state index is 5.53. The molecule has 1 fully saturated rings. The summed E-state index contributed by atoms with van der Waals surface area (Å²) in [6.07, 6.45) is 6.66. The molecule has 1 heterocycles. The molecule has 1 saturated heterocycles. The van der Waals surface area contributed by atoms with Gasteiger partial charge in [0.15, 0.2) is 6.23 Å². The Labute approximate surface area is 65.5 Å². The predicted octanol–water partition coefficient (Wildman–Crippen LogP) is 0.530. The van der Waals surface area contributed by atoms with Crippen molar-refractivity contribution in [3.63, 3.8) is 0 Å². The molecule has 2 atom stereocenters. The molecule has 2 N–H and O–H groups in total.